The summed E-state index contributed by atoms with van der Waals surface area (Å²) in [4.78, 5) is 17.6. The van der Waals surface area contributed by atoms with Gasteiger partial charge in [-0.2, -0.15) is 4.72 Å². The lowest BCUT2D eigenvalue weighted by molar-refractivity contribution is -0.134. The van der Waals surface area contributed by atoms with Crippen molar-refractivity contribution in [1.29, 1.82) is 0 Å². The number of hydrogen-bond acceptors (Lipinski definition) is 4. The highest BCUT2D eigenvalue weighted by Crippen LogP contribution is 2.17. The summed E-state index contributed by atoms with van der Waals surface area (Å²) in [6.45, 7) is 3.42. The van der Waals surface area contributed by atoms with Crippen molar-refractivity contribution in [1.82, 2.24) is 14.5 Å². The van der Waals surface area contributed by atoms with E-state index in [9.17, 15) is 13.2 Å². The molecule has 1 heterocycles. The van der Waals surface area contributed by atoms with Crippen molar-refractivity contribution in [2.45, 2.75) is 23.9 Å². The summed E-state index contributed by atoms with van der Waals surface area (Å²) < 4.78 is 28.8. The molecule has 0 radical (unpaired) electrons. The van der Waals surface area contributed by atoms with Gasteiger partial charge in [-0.25, -0.2) is 8.42 Å². The van der Waals surface area contributed by atoms with Gasteiger partial charge in [0.15, 0.2) is 0 Å². The van der Waals surface area contributed by atoms with Gasteiger partial charge in [0.25, 0.3) is 0 Å². The molecule has 0 bridgehead atoms. The maximum Gasteiger partial charge on any atom is 0.241 e. The molecule has 0 aliphatic carbocycles. The van der Waals surface area contributed by atoms with Crippen LogP contribution in [-0.4, -0.2) is 56.3 Å². The normalized spacial score (nSPS) is 15.7. The molecule has 4 rings (SSSR count). The molecule has 1 aliphatic heterocycles. The second kappa shape index (κ2) is 11.1. The maximum atomic E-state index is 13.5. The lowest BCUT2D eigenvalue weighted by atomic mass is 10.1. The van der Waals surface area contributed by atoms with Crippen LogP contribution in [0.4, 0.5) is 0 Å². The predicted molar refractivity (Wildman–Crippen MR) is 134 cm³/mol. The van der Waals surface area contributed by atoms with Crippen molar-refractivity contribution < 1.29 is 13.2 Å². The van der Waals surface area contributed by atoms with Crippen molar-refractivity contribution in [3.05, 3.63) is 101 Å². The molecule has 34 heavy (non-hydrogen) atoms. The molecule has 1 saturated heterocycles. The van der Waals surface area contributed by atoms with Crippen LogP contribution in [0.25, 0.3) is 0 Å². The highest BCUT2D eigenvalue weighted by Gasteiger charge is 2.31. The number of amides is 1. The van der Waals surface area contributed by atoms with E-state index >= 15 is 0 Å². The number of sulfonamides is 1. The summed E-state index contributed by atoms with van der Waals surface area (Å²) >= 11 is 5.91. The Hall–Kier alpha value is -2.71. The summed E-state index contributed by atoms with van der Waals surface area (Å²) in [6, 6.07) is 24.7. The van der Waals surface area contributed by atoms with E-state index < -0.39 is 16.1 Å². The topological polar surface area (TPSA) is 69.7 Å². The van der Waals surface area contributed by atoms with E-state index in [1.807, 2.05) is 48.5 Å². The van der Waals surface area contributed by atoms with Gasteiger partial charge in [-0.1, -0.05) is 72.3 Å². The van der Waals surface area contributed by atoms with Crippen molar-refractivity contribution in [2.75, 3.05) is 26.2 Å². The highest BCUT2D eigenvalue weighted by molar-refractivity contribution is 7.89. The number of piperazine rings is 1. The lowest BCUT2D eigenvalue weighted by Gasteiger charge is -2.36. The van der Waals surface area contributed by atoms with Crippen LogP contribution >= 0.6 is 11.6 Å². The zero-order valence-corrected chi connectivity index (χ0v) is 20.4. The average Bonchev–Trinajstić information content (AvgIpc) is 2.85. The lowest BCUT2D eigenvalue weighted by Crippen LogP contribution is -2.55. The molecule has 0 saturated carbocycles. The number of carbonyl (C=O) groups is 1. The van der Waals surface area contributed by atoms with Gasteiger partial charge in [0, 0.05) is 37.7 Å². The van der Waals surface area contributed by atoms with Crippen LogP contribution in [0.15, 0.2) is 89.8 Å². The van der Waals surface area contributed by atoms with Gasteiger partial charge < -0.3 is 4.90 Å². The van der Waals surface area contributed by atoms with Crippen molar-refractivity contribution >= 4 is 27.5 Å². The van der Waals surface area contributed by atoms with Crippen LogP contribution in [0, 0.1) is 0 Å². The van der Waals surface area contributed by atoms with Gasteiger partial charge in [0.1, 0.15) is 6.04 Å². The Morgan fingerprint density at radius 1 is 0.824 bits per heavy atom. The quantitative estimate of drug-likeness (QED) is 0.516. The zero-order chi connectivity index (χ0) is 24.0. The van der Waals surface area contributed by atoms with E-state index in [1.165, 1.54) is 29.8 Å². The first-order valence-electron chi connectivity index (χ1n) is 11.3. The molecular weight excluding hydrogens is 470 g/mol. The van der Waals surface area contributed by atoms with Crippen LogP contribution in [0.2, 0.25) is 5.02 Å². The minimum absolute atomic E-state index is 0.0791. The second-order valence-electron chi connectivity index (χ2n) is 8.40. The zero-order valence-electron chi connectivity index (χ0n) is 18.8. The molecule has 3 aromatic carbocycles. The van der Waals surface area contributed by atoms with Crippen molar-refractivity contribution in [3.63, 3.8) is 0 Å². The van der Waals surface area contributed by atoms with Crippen LogP contribution < -0.4 is 4.72 Å². The first-order valence-corrected chi connectivity index (χ1v) is 13.1. The van der Waals surface area contributed by atoms with Crippen molar-refractivity contribution in [3.8, 4) is 0 Å². The summed E-state index contributed by atoms with van der Waals surface area (Å²) in [5.74, 6) is -0.208. The summed E-state index contributed by atoms with van der Waals surface area (Å²) in [6.07, 6.45) is 0.275. The fourth-order valence-electron chi connectivity index (χ4n) is 4.09. The monoisotopic (exact) mass is 497 g/mol. The predicted octanol–water partition coefficient (Wildman–Crippen LogP) is 3.57. The van der Waals surface area contributed by atoms with Crippen LogP contribution in [-0.2, 0) is 27.8 Å². The van der Waals surface area contributed by atoms with Crippen LogP contribution in [0.1, 0.15) is 11.1 Å². The highest BCUT2D eigenvalue weighted by atomic mass is 35.5. The molecule has 0 unspecified atom stereocenters. The first-order chi connectivity index (χ1) is 16.4. The number of hydrogen-bond donors (Lipinski definition) is 1. The van der Waals surface area contributed by atoms with Crippen LogP contribution in [0.3, 0.4) is 0 Å². The second-order valence-corrected chi connectivity index (χ2v) is 10.6. The molecule has 0 aromatic heterocycles. The Balaban J connectivity index is 1.46. The number of carbonyl (C=O) groups excluding carboxylic acids is 1. The van der Waals surface area contributed by atoms with E-state index in [1.54, 1.807) is 4.90 Å². The van der Waals surface area contributed by atoms with Gasteiger partial charge in [0.2, 0.25) is 15.9 Å². The molecule has 6 nitrogen and oxygen atoms in total. The van der Waals surface area contributed by atoms with Crippen LogP contribution in [0.5, 0.6) is 0 Å². The molecule has 3 aromatic rings. The Labute approximate surface area is 206 Å². The minimum Gasteiger partial charge on any atom is -0.339 e. The van der Waals surface area contributed by atoms with E-state index in [0.29, 0.717) is 18.1 Å². The van der Waals surface area contributed by atoms with E-state index in [2.05, 4.69) is 21.8 Å². The minimum atomic E-state index is -3.90. The Morgan fingerprint density at radius 3 is 1.97 bits per heavy atom. The van der Waals surface area contributed by atoms with E-state index in [0.717, 1.165) is 25.2 Å². The smallest absolute Gasteiger partial charge is 0.241 e. The molecule has 1 N–H and O–H groups in total. The third-order valence-corrected chi connectivity index (χ3v) is 7.67. The average molecular weight is 498 g/mol. The molecule has 1 fully saturated rings. The van der Waals surface area contributed by atoms with Gasteiger partial charge in [-0.3, -0.25) is 9.69 Å². The third kappa shape index (κ3) is 6.45. The number of halogens is 1. The SMILES string of the molecule is O=C([C@H](Cc1ccccc1)NS(=O)(=O)c1ccc(Cl)cc1)N1CCN(Cc2ccccc2)CC1. The number of nitrogens with zero attached hydrogens (tertiary/aromatic N) is 2. The third-order valence-electron chi connectivity index (χ3n) is 5.94. The first kappa shape index (κ1) is 24.4. The molecule has 1 amide bonds. The standard InChI is InChI=1S/C26H28ClN3O3S/c27-23-11-13-24(14-12-23)34(32,33)28-25(19-21-7-3-1-4-8-21)26(31)30-17-15-29(16-18-30)20-22-9-5-2-6-10-22/h1-14,25,28H,15-20H2/t25-/m0/s1. The Morgan fingerprint density at radius 2 is 1.38 bits per heavy atom. The largest absolute Gasteiger partial charge is 0.339 e. The summed E-state index contributed by atoms with van der Waals surface area (Å²) in [7, 11) is -3.90. The molecule has 0 spiro atoms. The maximum absolute atomic E-state index is 13.5. The van der Waals surface area contributed by atoms with Gasteiger partial charge in [-0.05, 0) is 41.8 Å². The summed E-state index contributed by atoms with van der Waals surface area (Å²) in [5, 5.41) is 0.448. The molecular formula is C26H28ClN3O3S. The fraction of sp³-hybridized carbons (Fsp3) is 0.269. The van der Waals surface area contributed by atoms with E-state index in [4.69, 9.17) is 11.6 Å². The van der Waals surface area contributed by atoms with Crippen molar-refractivity contribution in [2.24, 2.45) is 0 Å². The molecule has 1 aliphatic rings. The Kier molecular flexibility index (Phi) is 8.00. The number of rotatable bonds is 8. The van der Waals surface area contributed by atoms with Gasteiger partial charge >= 0.3 is 0 Å². The molecule has 178 valence electrons. The fourth-order valence-corrected chi connectivity index (χ4v) is 5.40. The van der Waals surface area contributed by atoms with Gasteiger partial charge in [0.05, 0.1) is 4.90 Å². The molecule has 1 atom stereocenters. The molecule has 8 heteroatoms. The Bertz CT molecular complexity index is 1180. The number of nitrogens with one attached hydrogen (secondary N) is 1. The van der Waals surface area contributed by atoms with Gasteiger partial charge in [-0.15, -0.1) is 0 Å². The van der Waals surface area contributed by atoms with E-state index in [-0.39, 0.29) is 17.2 Å². The number of benzene rings is 3. The summed E-state index contributed by atoms with van der Waals surface area (Å²) in [5.41, 5.74) is 2.13.